The van der Waals surface area contributed by atoms with E-state index in [1.807, 2.05) is 6.20 Å². The number of methoxy groups -OCH3 is 1. The highest BCUT2D eigenvalue weighted by atomic mass is 16.5. The molecule has 1 heterocycles. The van der Waals surface area contributed by atoms with Gasteiger partial charge in [-0.3, -0.25) is 4.68 Å². The number of aryl methyl sites for hydroxylation is 1. The van der Waals surface area contributed by atoms with Crippen LogP contribution in [0.1, 0.15) is 53.2 Å². The van der Waals surface area contributed by atoms with Crippen molar-refractivity contribution in [2.24, 2.45) is 5.41 Å². The summed E-state index contributed by atoms with van der Waals surface area (Å²) in [5.74, 6) is 0.919. The molecule has 116 valence electrons. The molecule has 0 aliphatic heterocycles. The predicted octanol–water partition coefficient (Wildman–Crippen LogP) is 3.26. The van der Waals surface area contributed by atoms with E-state index < -0.39 is 0 Å². The van der Waals surface area contributed by atoms with Crippen molar-refractivity contribution < 1.29 is 4.74 Å². The monoisotopic (exact) mass is 281 g/mol. The molecule has 1 aromatic heterocycles. The Morgan fingerprint density at radius 2 is 2.05 bits per heavy atom. The van der Waals surface area contributed by atoms with E-state index in [1.54, 1.807) is 7.11 Å². The fourth-order valence-electron chi connectivity index (χ4n) is 2.59. The third-order valence-corrected chi connectivity index (χ3v) is 3.73. The highest BCUT2D eigenvalue weighted by molar-refractivity contribution is 5.25. The van der Waals surface area contributed by atoms with Crippen molar-refractivity contribution in [1.82, 2.24) is 15.1 Å². The van der Waals surface area contributed by atoms with Gasteiger partial charge in [0.2, 0.25) is 0 Å². The van der Waals surface area contributed by atoms with Crippen LogP contribution in [0.3, 0.4) is 0 Å². The topological polar surface area (TPSA) is 39.1 Å². The second kappa shape index (κ2) is 7.67. The van der Waals surface area contributed by atoms with Crippen LogP contribution in [-0.2, 0) is 13.0 Å². The van der Waals surface area contributed by atoms with Crippen LogP contribution >= 0.6 is 0 Å². The Labute approximate surface area is 123 Å². The Balaban J connectivity index is 2.78. The Bertz CT molecular complexity index is 393. The Morgan fingerprint density at radius 3 is 2.55 bits per heavy atom. The number of rotatable bonds is 8. The molecule has 0 saturated carbocycles. The molecular formula is C16H31N3O. The highest BCUT2D eigenvalue weighted by Gasteiger charge is 2.24. The van der Waals surface area contributed by atoms with Gasteiger partial charge in [-0.15, -0.1) is 0 Å². The SMILES string of the molecule is CCCn1ncc(OC)c1CCC(NCC)C(C)(C)C. The van der Waals surface area contributed by atoms with E-state index in [0.29, 0.717) is 6.04 Å². The first kappa shape index (κ1) is 17.0. The minimum Gasteiger partial charge on any atom is -0.493 e. The summed E-state index contributed by atoms with van der Waals surface area (Å²) in [5, 5.41) is 8.04. The zero-order valence-corrected chi connectivity index (χ0v) is 14.0. The maximum Gasteiger partial charge on any atom is 0.159 e. The number of nitrogens with one attached hydrogen (secondary N) is 1. The van der Waals surface area contributed by atoms with Crippen LogP contribution < -0.4 is 10.1 Å². The number of aromatic nitrogens is 2. The zero-order chi connectivity index (χ0) is 15.2. The van der Waals surface area contributed by atoms with Gasteiger partial charge in [0.1, 0.15) is 0 Å². The minimum atomic E-state index is 0.263. The molecule has 0 amide bonds. The van der Waals surface area contributed by atoms with E-state index in [1.165, 1.54) is 5.69 Å². The van der Waals surface area contributed by atoms with Gasteiger partial charge in [0.15, 0.2) is 5.75 Å². The van der Waals surface area contributed by atoms with Crippen molar-refractivity contribution in [3.05, 3.63) is 11.9 Å². The van der Waals surface area contributed by atoms with Crippen molar-refractivity contribution in [2.45, 2.75) is 66.5 Å². The summed E-state index contributed by atoms with van der Waals surface area (Å²) in [6.45, 7) is 13.2. The van der Waals surface area contributed by atoms with Gasteiger partial charge >= 0.3 is 0 Å². The molecule has 0 spiro atoms. The first-order valence-corrected chi connectivity index (χ1v) is 7.76. The second-order valence-corrected chi connectivity index (χ2v) is 6.40. The Morgan fingerprint density at radius 1 is 1.35 bits per heavy atom. The normalized spacial score (nSPS) is 13.5. The van der Waals surface area contributed by atoms with Gasteiger partial charge in [0.25, 0.3) is 0 Å². The van der Waals surface area contributed by atoms with Gasteiger partial charge in [-0.05, 0) is 31.2 Å². The fraction of sp³-hybridized carbons (Fsp3) is 0.812. The van der Waals surface area contributed by atoms with Gasteiger partial charge in [-0.1, -0.05) is 34.6 Å². The van der Waals surface area contributed by atoms with Gasteiger partial charge < -0.3 is 10.1 Å². The van der Waals surface area contributed by atoms with Gasteiger partial charge in [0, 0.05) is 12.6 Å². The van der Waals surface area contributed by atoms with Crippen LogP contribution in [0.25, 0.3) is 0 Å². The molecule has 4 heteroatoms. The summed E-state index contributed by atoms with van der Waals surface area (Å²) in [6, 6.07) is 0.502. The van der Waals surface area contributed by atoms with Crippen LogP contribution in [0, 0.1) is 5.41 Å². The smallest absolute Gasteiger partial charge is 0.159 e. The summed E-state index contributed by atoms with van der Waals surface area (Å²) in [4.78, 5) is 0. The largest absolute Gasteiger partial charge is 0.493 e. The molecule has 0 radical (unpaired) electrons. The molecule has 0 bridgehead atoms. The lowest BCUT2D eigenvalue weighted by Crippen LogP contribution is -2.40. The lowest BCUT2D eigenvalue weighted by molar-refractivity contribution is 0.256. The van der Waals surface area contributed by atoms with Crippen LogP contribution in [-0.4, -0.2) is 29.5 Å². The van der Waals surface area contributed by atoms with Crippen molar-refractivity contribution in [2.75, 3.05) is 13.7 Å². The zero-order valence-electron chi connectivity index (χ0n) is 14.0. The average Bonchev–Trinajstić information content (AvgIpc) is 2.76. The second-order valence-electron chi connectivity index (χ2n) is 6.40. The molecule has 0 saturated heterocycles. The molecule has 1 aromatic rings. The van der Waals surface area contributed by atoms with E-state index in [4.69, 9.17) is 4.74 Å². The standard InChI is InChI=1S/C16H31N3O/c1-7-11-19-13(14(20-6)12-18-19)9-10-15(17-8-2)16(3,4)5/h12,15,17H,7-11H2,1-6H3. The van der Waals surface area contributed by atoms with E-state index >= 15 is 0 Å². The Kier molecular flexibility index (Phi) is 6.53. The minimum absolute atomic E-state index is 0.263. The quantitative estimate of drug-likeness (QED) is 0.795. The van der Waals surface area contributed by atoms with Crippen molar-refractivity contribution >= 4 is 0 Å². The highest BCUT2D eigenvalue weighted by Crippen LogP contribution is 2.26. The van der Waals surface area contributed by atoms with Gasteiger partial charge in [-0.2, -0.15) is 5.10 Å². The molecule has 1 rings (SSSR count). The van der Waals surface area contributed by atoms with Crippen LogP contribution in [0.15, 0.2) is 6.20 Å². The summed E-state index contributed by atoms with van der Waals surface area (Å²) in [6.07, 6.45) is 5.03. The molecule has 1 N–H and O–H groups in total. The number of nitrogens with zero attached hydrogens (tertiary/aromatic N) is 2. The fourth-order valence-corrected chi connectivity index (χ4v) is 2.59. The maximum atomic E-state index is 5.45. The summed E-state index contributed by atoms with van der Waals surface area (Å²) in [7, 11) is 1.72. The van der Waals surface area contributed by atoms with E-state index in [9.17, 15) is 0 Å². The van der Waals surface area contributed by atoms with Crippen LogP contribution in [0.4, 0.5) is 0 Å². The lowest BCUT2D eigenvalue weighted by atomic mass is 9.83. The summed E-state index contributed by atoms with van der Waals surface area (Å²) >= 11 is 0. The van der Waals surface area contributed by atoms with E-state index in [0.717, 1.165) is 38.1 Å². The summed E-state index contributed by atoms with van der Waals surface area (Å²) in [5.41, 5.74) is 1.49. The van der Waals surface area contributed by atoms with E-state index in [-0.39, 0.29) is 5.41 Å². The molecule has 1 atom stereocenters. The lowest BCUT2D eigenvalue weighted by Gasteiger charge is -2.31. The van der Waals surface area contributed by atoms with Crippen LogP contribution in [0.5, 0.6) is 5.75 Å². The average molecular weight is 281 g/mol. The van der Waals surface area contributed by atoms with Gasteiger partial charge in [-0.25, -0.2) is 0 Å². The molecule has 0 fully saturated rings. The molecule has 4 nitrogen and oxygen atoms in total. The van der Waals surface area contributed by atoms with Crippen molar-refractivity contribution in [1.29, 1.82) is 0 Å². The van der Waals surface area contributed by atoms with Crippen molar-refractivity contribution in [3.8, 4) is 5.75 Å². The number of hydrogen-bond donors (Lipinski definition) is 1. The number of hydrogen-bond acceptors (Lipinski definition) is 3. The first-order chi connectivity index (χ1) is 9.43. The third-order valence-electron chi connectivity index (χ3n) is 3.73. The molecule has 0 aliphatic carbocycles. The molecule has 20 heavy (non-hydrogen) atoms. The molecule has 0 aromatic carbocycles. The first-order valence-electron chi connectivity index (χ1n) is 7.76. The number of ether oxygens (including phenoxy) is 1. The van der Waals surface area contributed by atoms with Gasteiger partial charge in [0.05, 0.1) is 19.0 Å². The molecular weight excluding hydrogens is 250 g/mol. The summed E-state index contributed by atoms with van der Waals surface area (Å²) < 4.78 is 7.53. The van der Waals surface area contributed by atoms with Crippen molar-refractivity contribution in [3.63, 3.8) is 0 Å². The predicted molar refractivity (Wildman–Crippen MR) is 84.3 cm³/mol. The van der Waals surface area contributed by atoms with Crippen LogP contribution in [0.2, 0.25) is 0 Å². The maximum absolute atomic E-state index is 5.45. The molecule has 1 unspecified atom stereocenters. The van der Waals surface area contributed by atoms with E-state index in [2.05, 4.69) is 49.7 Å². The Hall–Kier alpha value is -1.03. The molecule has 0 aliphatic rings. The third kappa shape index (κ3) is 4.51.